The van der Waals surface area contributed by atoms with Crippen molar-refractivity contribution in [3.8, 4) is 0 Å². The standard InChI is InChI=1S/C18H24FN3O2S2/c19-15-3-5-16(6-4-15)26(23,24)22-9-7-21(8-10-22)18(25)20-17-12-13-1-2-14(17)11-13/h3-6,13-14,17H,1-2,7-12H2,(H,20,25). The quantitative estimate of drug-likeness (QED) is 0.793. The van der Waals surface area contributed by atoms with Gasteiger partial charge in [-0.2, -0.15) is 4.31 Å². The van der Waals surface area contributed by atoms with E-state index in [4.69, 9.17) is 12.2 Å². The zero-order valence-corrected chi connectivity index (χ0v) is 16.2. The summed E-state index contributed by atoms with van der Waals surface area (Å²) < 4.78 is 39.9. The van der Waals surface area contributed by atoms with Crippen molar-refractivity contribution in [3.05, 3.63) is 30.1 Å². The Bertz CT molecular complexity index is 776. The van der Waals surface area contributed by atoms with Gasteiger partial charge in [-0.1, -0.05) is 6.42 Å². The molecule has 0 spiro atoms. The fraction of sp³-hybridized carbons (Fsp3) is 0.611. The predicted octanol–water partition coefficient (Wildman–Crippen LogP) is 2.20. The largest absolute Gasteiger partial charge is 0.360 e. The molecule has 0 radical (unpaired) electrons. The molecule has 3 atom stereocenters. The molecule has 0 aromatic heterocycles. The summed E-state index contributed by atoms with van der Waals surface area (Å²) in [6, 6.07) is 5.48. The Morgan fingerprint density at radius 1 is 1.08 bits per heavy atom. The Morgan fingerprint density at radius 3 is 2.35 bits per heavy atom. The molecular weight excluding hydrogens is 373 g/mol. The highest BCUT2D eigenvalue weighted by Gasteiger charge is 2.40. The van der Waals surface area contributed by atoms with Crippen LogP contribution in [0.1, 0.15) is 25.7 Å². The van der Waals surface area contributed by atoms with Crippen molar-refractivity contribution in [1.82, 2.24) is 14.5 Å². The van der Waals surface area contributed by atoms with Crippen molar-refractivity contribution in [2.75, 3.05) is 26.2 Å². The Labute approximate surface area is 159 Å². The molecule has 142 valence electrons. The van der Waals surface area contributed by atoms with Crippen LogP contribution in [-0.4, -0.2) is 55.0 Å². The Balaban J connectivity index is 1.33. The van der Waals surface area contributed by atoms with Crippen LogP contribution in [-0.2, 0) is 10.0 Å². The normalized spacial score (nSPS) is 29.1. The number of piperazine rings is 1. The molecule has 3 unspecified atom stereocenters. The van der Waals surface area contributed by atoms with Gasteiger partial charge in [0.2, 0.25) is 10.0 Å². The minimum absolute atomic E-state index is 0.134. The van der Waals surface area contributed by atoms with Gasteiger partial charge in [0.15, 0.2) is 5.11 Å². The number of thiocarbonyl (C=S) groups is 1. The summed E-state index contributed by atoms with van der Waals surface area (Å²) in [6.07, 6.45) is 5.19. The summed E-state index contributed by atoms with van der Waals surface area (Å²) in [6.45, 7) is 1.93. The highest BCUT2D eigenvalue weighted by atomic mass is 32.2. The molecule has 1 N–H and O–H groups in total. The van der Waals surface area contributed by atoms with E-state index in [0.717, 1.165) is 16.9 Å². The summed E-state index contributed by atoms with van der Waals surface area (Å²) in [5.74, 6) is 1.17. The lowest BCUT2D eigenvalue weighted by Crippen LogP contribution is -2.54. The van der Waals surface area contributed by atoms with Gasteiger partial charge < -0.3 is 10.2 Å². The maximum Gasteiger partial charge on any atom is 0.243 e. The molecule has 5 nitrogen and oxygen atoms in total. The summed E-state index contributed by atoms with van der Waals surface area (Å²) in [4.78, 5) is 2.20. The van der Waals surface area contributed by atoms with E-state index >= 15 is 0 Å². The summed E-state index contributed by atoms with van der Waals surface area (Å²) in [5, 5.41) is 4.27. The first-order valence-electron chi connectivity index (χ1n) is 9.24. The first kappa shape index (κ1) is 18.1. The molecule has 8 heteroatoms. The molecule has 2 saturated carbocycles. The Hall–Kier alpha value is -1.25. The van der Waals surface area contributed by atoms with Crippen molar-refractivity contribution in [3.63, 3.8) is 0 Å². The van der Waals surface area contributed by atoms with E-state index in [1.807, 2.05) is 0 Å². The van der Waals surface area contributed by atoms with Crippen LogP contribution < -0.4 is 5.32 Å². The molecular formula is C18H24FN3O2S2. The van der Waals surface area contributed by atoms with Crippen LogP contribution in [0.15, 0.2) is 29.2 Å². The van der Waals surface area contributed by atoms with Crippen molar-refractivity contribution in [1.29, 1.82) is 0 Å². The lowest BCUT2D eigenvalue weighted by molar-refractivity contribution is 0.258. The number of sulfonamides is 1. The lowest BCUT2D eigenvalue weighted by atomic mass is 9.95. The van der Waals surface area contributed by atoms with Gasteiger partial charge in [0, 0.05) is 32.2 Å². The molecule has 1 saturated heterocycles. The van der Waals surface area contributed by atoms with E-state index in [9.17, 15) is 12.8 Å². The van der Waals surface area contributed by atoms with Crippen LogP contribution in [0, 0.1) is 17.7 Å². The molecule has 3 fully saturated rings. The van der Waals surface area contributed by atoms with Gasteiger partial charge in [0.1, 0.15) is 5.82 Å². The van der Waals surface area contributed by atoms with Crippen LogP contribution in [0.5, 0.6) is 0 Å². The van der Waals surface area contributed by atoms with E-state index in [2.05, 4.69) is 10.2 Å². The van der Waals surface area contributed by atoms with E-state index < -0.39 is 15.8 Å². The Kier molecular flexibility index (Phi) is 4.92. The smallest absolute Gasteiger partial charge is 0.243 e. The second kappa shape index (κ2) is 7.05. The average molecular weight is 398 g/mol. The first-order valence-corrected chi connectivity index (χ1v) is 11.1. The van der Waals surface area contributed by atoms with Crippen LogP contribution in [0.25, 0.3) is 0 Å². The predicted molar refractivity (Wildman–Crippen MR) is 102 cm³/mol. The number of nitrogens with one attached hydrogen (secondary N) is 1. The molecule has 1 heterocycles. The molecule has 0 amide bonds. The summed E-state index contributed by atoms with van der Waals surface area (Å²) in [5.41, 5.74) is 0. The van der Waals surface area contributed by atoms with Gasteiger partial charge in [-0.15, -0.1) is 0 Å². The third-order valence-electron chi connectivity index (χ3n) is 6.02. The fourth-order valence-electron chi connectivity index (χ4n) is 4.56. The summed E-state index contributed by atoms with van der Waals surface area (Å²) in [7, 11) is -3.58. The molecule has 2 bridgehead atoms. The minimum atomic E-state index is -3.58. The second-order valence-electron chi connectivity index (χ2n) is 7.58. The van der Waals surface area contributed by atoms with Gasteiger partial charge in [-0.05, 0) is 67.6 Å². The SMILES string of the molecule is O=S(=O)(c1ccc(F)cc1)N1CCN(C(=S)NC2CC3CCC2C3)CC1. The van der Waals surface area contributed by atoms with Crippen LogP contribution in [0.3, 0.4) is 0 Å². The molecule has 1 aliphatic heterocycles. The first-order chi connectivity index (χ1) is 12.4. The number of rotatable bonds is 3. The van der Waals surface area contributed by atoms with Crippen LogP contribution >= 0.6 is 12.2 Å². The van der Waals surface area contributed by atoms with E-state index in [1.165, 1.54) is 54.3 Å². The van der Waals surface area contributed by atoms with Crippen molar-refractivity contribution in [2.24, 2.45) is 11.8 Å². The number of fused-ring (bicyclic) bond motifs is 2. The third-order valence-corrected chi connectivity index (χ3v) is 8.31. The minimum Gasteiger partial charge on any atom is -0.360 e. The molecule has 1 aromatic carbocycles. The van der Waals surface area contributed by atoms with Crippen molar-refractivity contribution >= 4 is 27.4 Å². The van der Waals surface area contributed by atoms with Gasteiger partial charge >= 0.3 is 0 Å². The average Bonchev–Trinajstić information content (AvgIpc) is 3.25. The topological polar surface area (TPSA) is 52.7 Å². The van der Waals surface area contributed by atoms with Gasteiger partial charge in [-0.3, -0.25) is 0 Å². The maximum atomic E-state index is 13.0. The Morgan fingerprint density at radius 2 is 1.77 bits per heavy atom. The number of halogens is 1. The van der Waals surface area contributed by atoms with E-state index in [-0.39, 0.29) is 4.90 Å². The highest BCUT2D eigenvalue weighted by molar-refractivity contribution is 7.89. The van der Waals surface area contributed by atoms with Crippen molar-refractivity contribution < 1.29 is 12.8 Å². The third kappa shape index (κ3) is 3.46. The van der Waals surface area contributed by atoms with Crippen LogP contribution in [0.4, 0.5) is 4.39 Å². The fourth-order valence-corrected chi connectivity index (χ4v) is 6.31. The molecule has 3 aliphatic rings. The molecule has 1 aromatic rings. The highest BCUT2D eigenvalue weighted by Crippen LogP contribution is 2.44. The number of nitrogens with zero attached hydrogens (tertiary/aromatic N) is 2. The molecule has 4 rings (SSSR count). The molecule has 26 heavy (non-hydrogen) atoms. The van der Waals surface area contributed by atoms with Gasteiger partial charge in [0.25, 0.3) is 0 Å². The van der Waals surface area contributed by atoms with Gasteiger partial charge in [-0.25, -0.2) is 12.8 Å². The molecule has 2 aliphatic carbocycles. The second-order valence-corrected chi connectivity index (χ2v) is 9.90. The summed E-state index contributed by atoms with van der Waals surface area (Å²) >= 11 is 5.57. The van der Waals surface area contributed by atoms with Gasteiger partial charge in [0.05, 0.1) is 4.90 Å². The number of hydrogen-bond donors (Lipinski definition) is 1. The number of benzene rings is 1. The van der Waals surface area contributed by atoms with E-state index in [1.54, 1.807) is 0 Å². The van der Waals surface area contributed by atoms with E-state index in [0.29, 0.717) is 32.2 Å². The lowest BCUT2D eigenvalue weighted by Gasteiger charge is -2.37. The monoisotopic (exact) mass is 397 g/mol. The zero-order valence-electron chi connectivity index (χ0n) is 14.6. The zero-order chi connectivity index (χ0) is 18.3. The number of hydrogen-bond acceptors (Lipinski definition) is 3. The maximum absolute atomic E-state index is 13.0. The van der Waals surface area contributed by atoms with Crippen molar-refractivity contribution in [2.45, 2.75) is 36.6 Å². The van der Waals surface area contributed by atoms with Crippen LogP contribution in [0.2, 0.25) is 0 Å².